The Balaban J connectivity index is 0. The number of rotatable bonds is 1. The third-order valence-electron chi connectivity index (χ3n) is 0.118. The van der Waals surface area contributed by atoms with Gasteiger partial charge < -0.3 is 12.4 Å². The van der Waals surface area contributed by atoms with Gasteiger partial charge in [0.15, 0.2) is 0 Å². The first-order valence-corrected chi connectivity index (χ1v) is 1.68. The molecule has 0 N–H and O–H groups in total. The van der Waals surface area contributed by atoms with Crippen molar-refractivity contribution in [2.45, 2.75) is 6.92 Å². The van der Waals surface area contributed by atoms with Crippen LogP contribution in [0.4, 0.5) is 0 Å². The molecule has 0 bridgehead atoms. The fourth-order valence-corrected chi connectivity index (χ4v) is 0. The molecule has 1 nitrogen and oxygen atoms in total. The summed E-state index contributed by atoms with van der Waals surface area (Å²) >= 11 is 2.39. The molecule has 0 saturated heterocycles. The average molecular weight is 133 g/mol. The molecule has 0 radical (unpaired) electrons. The van der Waals surface area contributed by atoms with Gasteiger partial charge >= 0.3 is 33.9 Å². The van der Waals surface area contributed by atoms with Crippen LogP contribution in [0.25, 0.3) is 0 Å². The Morgan fingerprint density at radius 3 is 2.00 bits per heavy atom. The molecule has 0 aromatic rings. The molecule has 32 valence electrons. The van der Waals surface area contributed by atoms with Gasteiger partial charge in [-0.15, -0.1) is 0 Å². The number of hydrogen-bond donors (Lipinski definition) is 0. The second-order valence-electron chi connectivity index (χ2n) is 0.407. The number of halogens is 1. The van der Waals surface area contributed by atoms with E-state index in [4.69, 9.17) is 0 Å². The van der Waals surface area contributed by atoms with Gasteiger partial charge in [-0.1, -0.05) is 0 Å². The molecule has 0 aliphatic heterocycles. The van der Waals surface area contributed by atoms with Gasteiger partial charge in [-0.2, -0.15) is 0 Å². The summed E-state index contributed by atoms with van der Waals surface area (Å²) in [5.74, 6) is 0. The van der Waals surface area contributed by atoms with Crippen LogP contribution in [-0.2, 0) is 20.4 Å². The molecule has 0 amide bonds. The first-order valence-electron chi connectivity index (χ1n) is 1.16. The second kappa shape index (κ2) is 8.84. The molecule has 0 aliphatic carbocycles. The van der Waals surface area contributed by atoms with Crippen molar-refractivity contribution in [2.75, 3.05) is 6.61 Å². The average Bonchev–Trinajstić information content (AvgIpc) is 1.37. The Morgan fingerprint density at radius 1 is 1.80 bits per heavy atom. The summed E-state index contributed by atoms with van der Waals surface area (Å²) in [5.41, 5.74) is 0. The van der Waals surface area contributed by atoms with Crippen LogP contribution in [0.5, 0.6) is 0 Å². The zero-order valence-electron chi connectivity index (χ0n) is 2.90. The monoisotopic (exact) mass is 132 g/mol. The molecule has 0 fully saturated rings. The van der Waals surface area contributed by atoms with E-state index >= 15 is 0 Å². The molecule has 5 heavy (non-hydrogen) atoms. The van der Waals surface area contributed by atoms with Crippen LogP contribution in [-0.4, -0.2) is 6.61 Å². The smallest absolute Gasteiger partial charge is 1.00 e. The summed E-state index contributed by atoms with van der Waals surface area (Å²) in [7, 11) is 0. The molecule has 0 atom stereocenters. The predicted molar refractivity (Wildman–Crippen MR) is 11.6 cm³/mol. The largest absolute Gasteiger partial charge is 1.00 e. The molecule has 0 spiro atoms. The molecule has 3 heteroatoms. The van der Waals surface area contributed by atoms with Crippen LogP contribution < -0.4 is 12.4 Å². The zero-order chi connectivity index (χ0) is 3.41. The first kappa shape index (κ1) is 9.24. The molecule has 0 saturated carbocycles. The first-order chi connectivity index (χ1) is 1.91. The van der Waals surface area contributed by atoms with E-state index in [0.29, 0.717) is 0 Å². The van der Waals surface area contributed by atoms with E-state index in [1.165, 1.54) is 0 Å². The quantitative estimate of drug-likeness (QED) is 0.383. The van der Waals surface area contributed by atoms with E-state index in [-0.39, 0.29) is 12.4 Å². The predicted octanol–water partition coefficient (Wildman–Crippen LogP) is -2.51. The van der Waals surface area contributed by atoms with Crippen molar-refractivity contribution < 1.29 is 32.8 Å². The van der Waals surface area contributed by atoms with E-state index < -0.39 is 0 Å². The van der Waals surface area contributed by atoms with E-state index in [0.717, 1.165) is 6.61 Å². The fraction of sp³-hybridized carbons (Fsp3) is 1.00. The van der Waals surface area contributed by atoms with Crippen LogP contribution in [0.3, 0.4) is 0 Å². The Morgan fingerprint density at radius 2 is 2.00 bits per heavy atom. The molecule has 0 aliphatic rings. The van der Waals surface area contributed by atoms with Crippen molar-refractivity contribution in [1.29, 1.82) is 0 Å². The summed E-state index contributed by atoms with van der Waals surface area (Å²) < 4.78 is 4.42. The maximum atomic E-state index is 4.42. The second-order valence-corrected chi connectivity index (χ2v) is 0.775. The Hall–Kier alpha value is 0.782. The van der Waals surface area contributed by atoms with Gasteiger partial charge in [0, 0.05) is 0 Å². The third-order valence-corrected chi connectivity index (χ3v) is 0.486. The minimum atomic E-state index is 0. The van der Waals surface area contributed by atoms with Crippen molar-refractivity contribution in [2.24, 2.45) is 0 Å². The molecule has 0 aromatic heterocycles. The fourth-order valence-electron chi connectivity index (χ4n) is 0. The molecular weight excluding hydrogens is 127 g/mol. The van der Waals surface area contributed by atoms with E-state index in [1.807, 2.05) is 6.92 Å². The van der Waals surface area contributed by atoms with Crippen molar-refractivity contribution in [3.63, 3.8) is 0 Å². The van der Waals surface area contributed by atoms with Crippen molar-refractivity contribution in [1.82, 2.24) is 0 Å². The zero-order valence-corrected chi connectivity index (χ0v) is 4.93. The van der Waals surface area contributed by atoms with E-state index in [1.54, 1.807) is 0 Å². The van der Waals surface area contributed by atoms with Gasteiger partial charge in [0.25, 0.3) is 0 Å². The Labute approximate surface area is 46.9 Å². The maximum Gasteiger partial charge on any atom is -1.00 e. The minimum Gasteiger partial charge on any atom is -1.00 e. The van der Waals surface area contributed by atoms with Crippen LogP contribution in [0.2, 0.25) is 0 Å². The Kier molecular flexibility index (Phi) is 16.3. The topological polar surface area (TPSA) is 9.23 Å². The standard InChI is InChI=1S/C2H5O.ClH.Cr/c1-2-3;;/h2H2,1H3;1H;/q-1;;+2/p-1. The van der Waals surface area contributed by atoms with Gasteiger partial charge in [0.2, 0.25) is 0 Å². The summed E-state index contributed by atoms with van der Waals surface area (Å²) in [6, 6.07) is 0. The van der Waals surface area contributed by atoms with Crippen LogP contribution >= 0.6 is 0 Å². The molecular formula is C2H5ClCrO. The maximum absolute atomic E-state index is 4.42. The number of hydrogen-bond acceptors (Lipinski definition) is 1. The Bertz CT molecular complexity index is 11.6. The van der Waals surface area contributed by atoms with E-state index in [2.05, 4.69) is 20.4 Å². The van der Waals surface area contributed by atoms with Gasteiger partial charge in [-0.3, -0.25) is 0 Å². The SMILES string of the molecule is CC[O][Cr+].[Cl-]. The molecule has 0 unspecified atom stereocenters. The summed E-state index contributed by atoms with van der Waals surface area (Å²) in [6.07, 6.45) is 0. The summed E-state index contributed by atoms with van der Waals surface area (Å²) in [4.78, 5) is 0. The molecule has 0 rings (SSSR count). The summed E-state index contributed by atoms with van der Waals surface area (Å²) in [5, 5.41) is 0. The van der Waals surface area contributed by atoms with Crippen molar-refractivity contribution in [3.05, 3.63) is 0 Å². The van der Waals surface area contributed by atoms with Gasteiger partial charge in [0.1, 0.15) is 0 Å². The van der Waals surface area contributed by atoms with Gasteiger partial charge in [0.05, 0.1) is 0 Å². The minimum absolute atomic E-state index is 0. The normalized spacial score (nSPS) is 5.80. The van der Waals surface area contributed by atoms with Crippen molar-refractivity contribution >= 4 is 0 Å². The van der Waals surface area contributed by atoms with Crippen molar-refractivity contribution in [3.8, 4) is 0 Å². The third kappa shape index (κ3) is 11.7. The van der Waals surface area contributed by atoms with E-state index in [9.17, 15) is 0 Å². The van der Waals surface area contributed by atoms with Crippen LogP contribution in [0, 0.1) is 0 Å². The van der Waals surface area contributed by atoms with Gasteiger partial charge in [-0.25, -0.2) is 0 Å². The van der Waals surface area contributed by atoms with Crippen LogP contribution in [0.1, 0.15) is 6.92 Å². The van der Waals surface area contributed by atoms with Gasteiger partial charge in [-0.05, 0) is 0 Å². The molecule has 0 heterocycles. The van der Waals surface area contributed by atoms with Crippen LogP contribution in [0.15, 0.2) is 0 Å². The summed E-state index contributed by atoms with van der Waals surface area (Å²) in [6.45, 7) is 2.69. The molecule has 0 aromatic carbocycles.